The van der Waals surface area contributed by atoms with E-state index in [4.69, 9.17) is 14.0 Å². The lowest BCUT2D eigenvalue weighted by atomic mass is 10.1. The molecule has 0 spiro atoms. The average molecular weight is 411 g/mol. The molecule has 1 amide bonds. The van der Waals surface area contributed by atoms with Gasteiger partial charge in [-0.15, -0.1) is 0 Å². The Morgan fingerprint density at radius 1 is 1.17 bits per heavy atom. The summed E-state index contributed by atoms with van der Waals surface area (Å²) in [6.45, 7) is 2.41. The molecule has 0 saturated carbocycles. The van der Waals surface area contributed by atoms with Gasteiger partial charge in [-0.05, 0) is 36.8 Å². The summed E-state index contributed by atoms with van der Waals surface area (Å²) in [6, 6.07) is 11.7. The van der Waals surface area contributed by atoms with Crippen LogP contribution in [0.3, 0.4) is 0 Å². The van der Waals surface area contributed by atoms with Gasteiger partial charge >= 0.3 is 0 Å². The lowest BCUT2D eigenvalue weighted by molar-refractivity contribution is -0.129. The van der Waals surface area contributed by atoms with Gasteiger partial charge in [0, 0.05) is 18.9 Å². The third-order valence-corrected chi connectivity index (χ3v) is 5.43. The van der Waals surface area contributed by atoms with Gasteiger partial charge in [0.15, 0.2) is 17.3 Å². The van der Waals surface area contributed by atoms with Crippen molar-refractivity contribution in [2.24, 2.45) is 0 Å². The van der Waals surface area contributed by atoms with Gasteiger partial charge in [0.05, 0.1) is 25.8 Å². The van der Waals surface area contributed by atoms with Crippen LogP contribution in [0.5, 0.6) is 11.5 Å². The molecule has 4 rings (SSSR count). The maximum absolute atomic E-state index is 14.0. The molecule has 1 aromatic heterocycles. The molecule has 1 saturated heterocycles. The first-order valence-electron chi connectivity index (χ1n) is 9.61. The van der Waals surface area contributed by atoms with E-state index < -0.39 is 5.82 Å². The fourth-order valence-electron chi connectivity index (χ4n) is 3.72. The van der Waals surface area contributed by atoms with E-state index in [1.54, 1.807) is 37.3 Å². The molecule has 0 bridgehead atoms. The van der Waals surface area contributed by atoms with E-state index in [-0.39, 0.29) is 35.7 Å². The summed E-state index contributed by atoms with van der Waals surface area (Å²) in [5.41, 5.74) is 1.18. The van der Waals surface area contributed by atoms with Crippen LogP contribution in [0.4, 0.5) is 4.39 Å². The number of likely N-dealkylation sites (tertiary alicyclic amines) is 1. The molecule has 0 N–H and O–H groups in total. The smallest absolute Gasteiger partial charge is 0.260 e. The van der Waals surface area contributed by atoms with Crippen LogP contribution >= 0.6 is 0 Å². The van der Waals surface area contributed by atoms with Crippen molar-refractivity contribution in [2.75, 3.05) is 20.8 Å². The van der Waals surface area contributed by atoms with Gasteiger partial charge in [-0.3, -0.25) is 4.79 Å². The monoisotopic (exact) mass is 411 g/mol. The molecule has 156 valence electrons. The van der Waals surface area contributed by atoms with E-state index in [0.29, 0.717) is 23.9 Å². The normalized spacial score (nSPS) is 17.3. The van der Waals surface area contributed by atoms with Gasteiger partial charge in [-0.25, -0.2) is 4.39 Å². The first-order valence-corrected chi connectivity index (χ1v) is 9.61. The molecule has 2 heterocycles. The maximum atomic E-state index is 14.0. The molecule has 2 atom stereocenters. The molecule has 30 heavy (non-hydrogen) atoms. The second-order valence-corrected chi connectivity index (χ2v) is 7.18. The second-order valence-electron chi connectivity index (χ2n) is 7.18. The molecule has 1 aliphatic heterocycles. The van der Waals surface area contributed by atoms with Crippen LogP contribution in [0.1, 0.15) is 36.7 Å². The fourth-order valence-corrected chi connectivity index (χ4v) is 3.72. The summed E-state index contributed by atoms with van der Waals surface area (Å²) in [7, 11) is 3.16. The van der Waals surface area contributed by atoms with Crippen molar-refractivity contribution in [3.05, 3.63) is 59.7 Å². The van der Waals surface area contributed by atoms with Gasteiger partial charge in [-0.2, -0.15) is 4.98 Å². The first-order chi connectivity index (χ1) is 14.5. The highest BCUT2D eigenvalue weighted by molar-refractivity contribution is 5.80. The molecule has 0 aliphatic carbocycles. The Morgan fingerprint density at radius 2 is 1.93 bits per heavy atom. The number of halogens is 1. The maximum Gasteiger partial charge on any atom is 0.260 e. The highest BCUT2D eigenvalue weighted by Gasteiger charge is 2.37. The minimum atomic E-state index is -0.432. The van der Waals surface area contributed by atoms with E-state index >= 15 is 0 Å². The van der Waals surface area contributed by atoms with Crippen LogP contribution in [0.15, 0.2) is 47.0 Å². The first kappa shape index (κ1) is 19.9. The molecule has 8 heteroatoms. The molecule has 2 unspecified atom stereocenters. The summed E-state index contributed by atoms with van der Waals surface area (Å²) in [4.78, 5) is 18.8. The average Bonchev–Trinajstić information content (AvgIpc) is 3.40. The number of benzene rings is 2. The number of methoxy groups -OCH3 is 2. The molecule has 1 fully saturated rings. The summed E-state index contributed by atoms with van der Waals surface area (Å²) >= 11 is 0. The quantitative estimate of drug-likeness (QED) is 0.611. The number of ether oxygens (including phenoxy) is 2. The van der Waals surface area contributed by atoms with Crippen LogP contribution in [-0.4, -0.2) is 41.7 Å². The number of hydrogen-bond acceptors (Lipinski definition) is 6. The predicted molar refractivity (Wildman–Crippen MR) is 107 cm³/mol. The Balaban J connectivity index is 1.53. The zero-order chi connectivity index (χ0) is 21.3. The molecule has 0 radical (unpaired) electrons. The summed E-state index contributed by atoms with van der Waals surface area (Å²) in [5, 5.41) is 4.00. The number of nitrogens with zero attached hydrogens (tertiary/aromatic N) is 3. The summed E-state index contributed by atoms with van der Waals surface area (Å²) in [6.07, 6.45) is 0.272. The highest BCUT2D eigenvalue weighted by Crippen LogP contribution is 2.36. The van der Waals surface area contributed by atoms with E-state index in [9.17, 15) is 9.18 Å². The summed E-state index contributed by atoms with van der Waals surface area (Å²) in [5.74, 6) is 1.11. The van der Waals surface area contributed by atoms with Crippen LogP contribution in [0.25, 0.3) is 11.5 Å². The highest BCUT2D eigenvalue weighted by atomic mass is 19.1. The molecular formula is C22H22FN3O4. The zero-order valence-corrected chi connectivity index (χ0v) is 17.0. The lowest BCUT2D eigenvalue weighted by Gasteiger charge is -2.25. The Labute approximate surface area is 173 Å². The Hall–Kier alpha value is -3.42. The topological polar surface area (TPSA) is 77.7 Å². The number of carbonyl (C=O) groups is 1. The van der Waals surface area contributed by atoms with Crippen LogP contribution in [0, 0.1) is 5.82 Å². The number of amides is 1. The SMILES string of the molecule is COc1ccc(C(C)N2CC(c3noc(-c4ccccc4F)n3)CC2=O)cc1OC. The number of rotatable bonds is 6. The standard InChI is InChI=1S/C22H22FN3O4/c1-13(14-8-9-18(28-2)19(10-14)29-3)26-12-15(11-20(26)27)21-24-22(30-25-21)16-6-4-5-7-17(16)23/h4-10,13,15H,11-12H2,1-3H3. The van der Waals surface area contributed by atoms with E-state index in [0.717, 1.165) is 5.56 Å². The number of aromatic nitrogens is 2. The minimum Gasteiger partial charge on any atom is -0.493 e. The Kier molecular flexibility index (Phi) is 5.39. The van der Waals surface area contributed by atoms with Gasteiger partial charge < -0.3 is 18.9 Å². The second kappa shape index (κ2) is 8.14. The minimum absolute atomic E-state index is 0.000438. The van der Waals surface area contributed by atoms with Crippen molar-refractivity contribution in [1.82, 2.24) is 15.0 Å². The van der Waals surface area contributed by atoms with Gasteiger partial charge in [0.1, 0.15) is 5.82 Å². The van der Waals surface area contributed by atoms with E-state index in [2.05, 4.69) is 10.1 Å². The largest absolute Gasteiger partial charge is 0.493 e. The van der Waals surface area contributed by atoms with E-state index in [1.165, 1.54) is 6.07 Å². The van der Waals surface area contributed by atoms with Crippen molar-refractivity contribution >= 4 is 5.91 Å². The van der Waals surface area contributed by atoms with Crippen molar-refractivity contribution in [3.8, 4) is 23.0 Å². The Bertz CT molecular complexity index is 1070. The third-order valence-electron chi connectivity index (χ3n) is 5.43. The lowest BCUT2D eigenvalue weighted by Crippen LogP contribution is -2.28. The molecule has 2 aromatic carbocycles. The molecule has 3 aromatic rings. The summed E-state index contributed by atoms with van der Waals surface area (Å²) < 4.78 is 29.9. The zero-order valence-electron chi connectivity index (χ0n) is 17.0. The van der Waals surface area contributed by atoms with E-state index in [1.807, 2.05) is 25.1 Å². The predicted octanol–water partition coefficient (Wildman–Crippen LogP) is 3.97. The van der Waals surface area contributed by atoms with Crippen molar-refractivity contribution in [3.63, 3.8) is 0 Å². The van der Waals surface area contributed by atoms with Crippen molar-refractivity contribution < 1.29 is 23.2 Å². The van der Waals surface area contributed by atoms with Crippen molar-refractivity contribution in [2.45, 2.75) is 25.3 Å². The molecule has 1 aliphatic rings. The van der Waals surface area contributed by atoms with Crippen molar-refractivity contribution in [1.29, 1.82) is 0 Å². The molecule has 7 nitrogen and oxygen atoms in total. The van der Waals surface area contributed by atoms with Crippen LogP contribution in [0.2, 0.25) is 0 Å². The van der Waals surface area contributed by atoms with Gasteiger partial charge in [0.2, 0.25) is 5.91 Å². The van der Waals surface area contributed by atoms with Gasteiger partial charge in [-0.1, -0.05) is 23.4 Å². The molecular weight excluding hydrogens is 389 g/mol. The van der Waals surface area contributed by atoms with Crippen LogP contribution in [-0.2, 0) is 4.79 Å². The number of hydrogen-bond donors (Lipinski definition) is 0. The third kappa shape index (κ3) is 3.60. The Morgan fingerprint density at radius 3 is 2.67 bits per heavy atom. The van der Waals surface area contributed by atoms with Crippen LogP contribution < -0.4 is 9.47 Å². The fraction of sp³-hybridized carbons (Fsp3) is 0.318. The number of carbonyl (C=O) groups excluding carboxylic acids is 1. The van der Waals surface area contributed by atoms with Gasteiger partial charge in [0.25, 0.3) is 5.89 Å².